The maximum absolute atomic E-state index is 11.3. The Labute approximate surface area is 99.4 Å². The highest BCUT2D eigenvalue weighted by atomic mass is 16.5. The highest BCUT2D eigenvalue weighted by Gasteiger charge is 2.24. The number of nitrogens with one attached hydrogen (secondary N) is 1. The van der Waals surface area contributed by atoms with Gasteiger partial charge in [-0.3, -0.25) is 4.79 Å². The smallest absolute Gasteiger partial charge is 0.331 e. The predicted molar refractivity (Wildman–Crippen MR) is 61.8 cm³/mol. The molecule has 1 amide bonds. The summed E-state index contributed by atoms with van der Waals surface area (Å²) < 4.78 is 5.08. The van der Waals surface area contributed by atoms with Crippen LogP contribution >= 0.6 is 0 Å². The quantitative estimate of drug-likeness (QED) is 0.810. The molecule has 0 fully saturated rings. The first kappa shape index (κ1) is 13.0. The summed E-state index contributed by atoms with van der Waals surface area (Å²) in [6.45, 7) is 1.66. The minimum atomic E-state index is -1.11. The van der Waals surface area contributed by atoms with Gasteiger partial charge in [-0.05, 0) is 6.07 Å². The molecule has 0 bridgehead atoms. The van der Waals surface area contributed by atoms with Gasteiger partial charge in [0.2, 0.25) is 5.91 Å². The number of carbonyl (C=O) groups excluding carboxylic acids is 1. The first-order valence-corrected chi connectivity index (χ1v) is 5.25. The van der Waals surface area contributed by atoms with E-state index in [0.717, 1.165) is 0 Å². The Kier molecular flexibility index (Phi) is 4.51. The third-order valence-electron chi connectivity index (χ3n) is 2.32. The molecule has 5 heteroatoms. The van der Waals surface area contributed by atoms with Crippen molar-refractivity contribution in [2.75, 3.05) is 7.11 Å². The fourth-order valence-electron chi connectivity index (χ4n) is 1.44. The van der Waals surface area contributed by atoms with Gasteiger partial charge in [-0.1, -0.05) is 25.1 Å². The summed E-state index contributed by atoms with van der Waals surface area (Å²) in [5.74, 6) is -0.990. The average Bonchev–Trinajstić information content (AvgIpc) is 2.35. The summed E-state index contributed by atoms with van der Waals surface area (Å²) in [6.07, 6.45) is 0.235. The van der Waals surface area contributed by atoms with E-state index in [0.29, 0.717) is 11.3 Å². The molecule has 92 valence electrons. The Balaban J connectivity index is 3.05. The average molecular weight is 237 g/mol. The molecule has 17 heavy (non-hydrogen) atoms. The molecule has 0 saturated carbocycles. The third-order valence-corrected chi connectivity index (χ3v) is 2.32. The van der Waals surface area contributed by atoms with E-state index in [-0.39, 0.29) is 12.3 Å². The number of para-hydroxylation sites is 1. The fraction of sp³-hybridized carbons (Fsp3) is 0.333. The van der Waals surface area contributed by atoms with Gasteiger partial charge < -0.3 is 15.2 Å². The van der Waals surface area contributed by atoms with Gasteiger partial charge in [0.25, 0.3) is 0 Å². The second-order valence-electron chi connectivity index (χ2n) is 3.43. The first-order valence-electron chi connectivity index (χ1n) is 5.25. The zero-order valence-electron chi connectivity index (χ0n) is 9.77. The van der Waals surface area contributed by atoms with Crippen LogP contribution in [-0.2, 0) is 9.59 Å². The lowest BCUT2D eigenvalue weighted by atomic mass is 10.1. The van der Waals surface area contributed by atoms with Crippen LogP contribution in [0.3, 0.4) is 0 Å². The number of rotatable bonds is 5. The van der Waals surface area contributed by atoms with E-state index in [1.807, 2.05) is 0 Å². The molecule has 0 aliphatic rings. The van der Waals surface area contributed by atoms with Crippen LogP contribution in [0.2, 0.25) is 0 Å². The number of ether oxygens (including phenoxy) is 1. The number of hydrogen-bond acceptors (Lipinski definition) is 3. The molecule has 5 nitrogen and oxygen atoms in total. The zero-order chi connectivity index (χ0) is 12.8. The molecule has 0 spiro atoms. The topological polar surface area (TPSA) is 75.6 Å². The zero-order valence-corrected chi connectivity index (χ0v) is 9.77. The van der Waals surface area contributed by atoms with Crippen LogP contribution in [0.25, 0.3) is 0 Å². The van der Waals surface area contributed by atoms with E-state index in [2.05, 4.69) is 5.32 Å². The van der Waals surface area contributed by atoms with Crippen LogP contribution in [0, 0.1) is 0 Å². The number of carboxylic acid groups (broad SMARTS) is 1. The largest absolute Gasteiger partial charge is 0.496 e. The Morgan fingerprint density at radius 1 is 1.41 bits per heavy atom. The summed E-state index contributed by atoms with van der Waals surface area (Å²) in [5.41, 5.74) is 0.435. The second kappa shape index (κ2) is 5.89. The standard InChI is InChI=1S/C12H15NO4/c1-3-10(14)13-11(12(15)16)8-6-4-5-7-9(8)17-2/h4-7,11H,3H2,1-2H3,(H,13,14)(H,15,16). The Morgan fingerprint density at radius 3 is 2.59 bits per heavy atom. The van der Waals surface area contributed by atoms with Gasteiger partial charge in [0.1, 0.15) is 5.75 Å². The fourth-order valence-corrected chi connectivity index (χ4v) is 1.44. The van der Waals surface area contributed by atoms with E-state index in [9.17, 15) is 9.59 Å². The summed E-state index contributed by atoms with van der Waals surface area (Å²) in [7, 11) is 1.46. The van der Waals surface area contributed by atoms with Crippen LogP contribution in [0.5, 0.6) is 5.75 Å². The highest BCUT2D eigenvalue weighted by molar-refractivity contribution is 5.84. The molecular formula is C12H15NO4. The van der Waals surface area contributed by atoms with Crippen molar-refractivity contribution in [2.24, 2.45) is 0 Å². The van der Waals surface area contributed by atoms with Crippen molar-refractivity contribution in [3.8, 4) is 5.75 Å². The minimum absolute atomic E-state index is 0.235. The molecule has 2 N–H and O–H groups in total. The van der Waals surface area contributed by atoms with Crippen LogP contribution in [0.4, 0.5) is 0 Å². The summed E-state index contributed by atoms with van der Waals surface area (Å²) in [4.78, 5) is 22.4. The van der Waals surface area contributed by atoms with Gasteiger partial charge in [0.05, 0.1) is 7.11 Å². The van der Waals surface area contributed by atoms with E-state index in [1.165, 1.54) is 7.11 Å². The SMILES string of the molecule is CCC(=O)NC(C(=O)O)c1ccccc1OC. The van der Waals surface area contributed by atoms with E-state index in [4.69, 9.17) is 9.84 Å². The van der Waals surface area contributed by atoms with Crippen LogP contribution in [0.15, 0.2) is 24.3 Å². The second-order valence-corrected chi connectivity index (χ2v) is 3.43. The number of methoxy groups -OCH3 is 1. The lowest BCUT2D eigenvalue weighted by Gasteiger charge is -2.17. The number of amides is 1. The predicted octanol–water partition coefficient (Wildman–Crippen LogP) is 1.35. The van der Waals surface area contributed by atoms with Gasteiger partial charge >= 0.3 is 5.97 Å². The normalized spacial score (nSPS) is 11.6. The number of carbonyl (C=O) groups is 2. The van der Waals surface area contributed by atoms with Crippen molar-refractivity contribution in [1.82, 2.24) is 5.32 Å². The van der Waals surface area contributed by atoms with Crippen molar-refractivity contribution in [3.63, 3.8) is 0 Å². The summed E-state index contributed by atoms with van der Waals surface area (Å²) in [5, 5.41) is 11.6. The molecule has 1 aromatic carbocycles. The maximum Gasteiger partial charge on any atom is 0.331 e. The molecular weight excluding hydrogens is 222 g/mol. The lowest BCUT2D eigenvalue weighted by molar-refractivity contribution is -0.142. The maximum atomic E-state index is 11.3. The number of hydrogen-bond donors (Lipinski definition) is 2. The summed E-state index contributed by atoms with van der Waals surface area (Å²) >= 11 is 0. The Hall–Kier alpha value is -2.04. The molecule has 0 aliphatic heterocycles. The van der Waals surface area contributed by atoms with Gasteiger partial charge in [-0.2, -0.15) is 0 Å². The van der Waals surface area contributed by atoms with Gasteiger partial charge in [-0.15, -0.1) is 0 Å². The van der Waals surface area contributed by atoms with Gasteiger partial charge in [0, 0.05) is 12.0 Å². The third kappa shape index (κ3) is 3.21. The monoisotopic (exact) mass is 237 g/mol. The molecule has 0 aliphatic carbocycles. The van der Waals surface area contributed by atoms with Crippen molar-refractivity contribution in [1.29, 1.82) is 0 Å². The van der Waals surface area contributed by atoms with Crippen molar-refractivity contribution in [2.45, 2.75) is 19.4 Å². The highest BCUT2D eigenvalue weighted by Crippen LogP contribution is 2.24. The molecule has 0 saturated heterocycles. The van der Waals surface area contributed by atoms with E-state index < -0.39 is 12.0 Å². The number of benzene rings is 1. The van der Waals surface area contributed by atoms with Crippen molar-refractivity contribution < 1.29 is 19.4 Å². The molecule has 0 aromatic heterocycles. The first-order chi connectivity index (χ1) is 8.10. The number of aliphatic carboxylic acids is 1. The lowest BCUT2D eigenvalue weighted by Crippen LogP contribution is -2.33. The van der Waals surface area contributed by atoms with Crippen molar-refractivity contribution >= 4 is 11.9 Å². The van der Waals surface area contributed by atoms with Crippen LogP contribution < -0.4 is 10.1 Å². The molecule has 1 aromatic rings. The van der Waals surface area contributed by atoms with Crippen LogP contribution in [0.1, 0.15) is 24.9 Å². The molecule has 0 heterocycles. The molecule has 1 unspecified atom stereocenters. The Morgan fingerprint density at radius 2 is 2.06 bits per heavy atom. The molecule has 1 atom stereocenters. The van der Waals surface area contributed by atoms with E-state index in [1.54, 1.807) is 31.2 Å². The Bertz CT molecular complexity index is 417. The van der Waals surface area contributed by atoms with Gasteiger partial charge in [0.15, 0.2) is 6.04 Å². The van der Waals surface area contributed by atoms with Crippen LogP contribution in [-0.4, -0.2) is 24.1 Å². The van der Waals surface area contributed by atoms with E-state index >= 15 is 0 Å². The van der Waals surface area contributed by atoms with Gasteiger partial charge in [-0.25, -0.2) is 4.79 Å². The van der Waals surface area contributed by atoms with Crippen molar-refractivity contribution in [3.05, 3.63) is 29.8 Å². The number of carboxylic acids is 1. The molecule has 1 rings (SSSR count). The minimum Gasteiger partial charge on any atom is -0.496 e. The summed E-state index contributed by atoms with van der Waals surface area (Å²) in [6, 6.07) is 5.63. The molecule has 0 radical (unpaired) electrons.